The third-order valence-electron chi connectivity index (χ3n) is 2.94. The average molecular weight is 172 g/mol. The second kappa shape index (κ2) is 2.67. The van der Waals surface area contributed by atoms with Crippen LogP contribution in [0.15, 0.2) is 18.3 Å². The molecule has 1 aliphatic heterocycles. The van der Waals surface area contributed by atoms with Gasteiger partial charge in [-0.05, 0) is 31.0 Å². The van der Waals surface area contributed by atoms with E-state index in [0.717, 1.165) is 13.0 Å². The second-order valence-corrected chi connectivity index (χ2v) is 3.66. The van der Waals surface area contributed by atoms with E-state index in [-0.39, 0.29) is 0 Å². The Hall–Kier alpha value is -1.15. The molecular formula is C11H12N2. The van der Waals surface area contributed by atoms with E-state index in [1.54, 1.807) is 5.57 Å². The van der Waals surface area contributed by atoms with Crippen molar-refractivity contribution in [2.24, 2.45) is 0 Å². The van der Waals surface area contributed by atoms with Gasteiger partial charge in [0, 0.05) is 17.5 Å². The highest BCUT2D eigenvalue weighted by molar-refractivity contribution is 5.58. The van der Waals surface area contributed by atoms with Gasteiger partial charge in [-0.1, -0.05) is 12.1 Å². The Kier molecular flexibility index (Phi) is 1.49. The normalized spacial score (nSPS) is 24.9. The van der Waals surface area contributed by atoms with Gasteiger partial charge in [-0.25, -0.2) is 0 Å². The molecule has 2 nitrogen and oxygen atoms in total. The summed E-state index contributed by atoms with van der Waals surface area (Å²) in [5.41, 5.74) is 1.56. The minimum atomic E-state index is 0.594. The lowest BCUT2D eigenvalue weighted by Gasteiger charge is -2.13. The van der Waals surface area contributed by atoms with Crippen molar-refractivity contribution >= 4 is 11.6 Å². The molecule has 1 aliphatic carbocycles. The van der Waals surface area contributed by atoms with Crippen molar-refractivity contribution in [3.63, 3.8) is 0 Å². The van der Waals surface area contributed by atoms with Gasteiger partial charge in [0.05, 0.1) is 5.35 Å². The van der Waals surface area contributed by atoms with Crippen molar-refractivity contribution in [2.45, 2.75) is 18.9 Å². The first kappa shape index (κ1) is 7.27. The number of nitrogens with one attached hydrogen (secondary N) is 1. The molecule has 1 N–H and O–H groups in total. The number of nitrogens with zero attached hydrogens (tertiary/aromatic N) is 1. The highest BCUT2D eigenvalue weighted by Crippen LogP contribution is 2.18. The first-order valence-electron chi connectivity index (χ1n) is 4.83. The monoisotopic (exact) mass is 172 g/mol. The van der Waals surface area contributed by atoms with Crippen LogP contribution in [0.5, 0.6) is 0 Å². The van der Waals surface area contributed by atoms with Crippen LogP contribution in [0.2, 0.25) is 0 Å². The zero-order valence-corrected chi connectivity index (χ0v) is 7.46. The third-order valence-corrected chi connectivity index (χ3v) is 2.94. The third kappa shape index (κ3) is 1.02. The van der Waals surface area contributed by atoms with Gasteiger partial charge in [-0.3, -0.25) is 4.98 Å². The van der Waals surface area contributed by atoms with Gasteiger partial charge in [0.25, 0.3) is 0 Å². The molecule has 0 aromatic carbocycles. The summed E-state index contributed by atoms with van der Waals surface area (Å²) in [4.78, 5) is 4.38. The molecule has 3 rings (SSSR count). The molecule has 0 amide bonds. The summed E-state index contributed by atoms with van der Waals surface area (Å²) in [5, 5.41) is 6.05. The van der Waals surface area contributed by atoms with Crippen LogP contribution in [0.4, 0.5) is 0 Å². The fourth-order valence-corrected chi connectivity index (χ4v) is 2.31. The Labute approximate surface area is 77.0 Å². The van der Waals surface area contributed by atoms with E-state index < -0.39 is 0 Å². The van der Waals surface area contributed by atoms with Crippen LogP contribution in [0.3, 0.4) is 0 Å². The quantitative estimate of drug-likeness (QED) is 0.585. The molecule has 13 heavy (non-hydrogen) atoms. The molecule has 0 spiro atoms. The maximum absolute atomic E-state index is 4.38. The fourth-order valence-electron chi connectivity index (χ4n) is 2.31. The van der Waals surface area contributed by atoms with Crippen LogP contribution < -0.4 is 15.9 Å². The summed E-state index contributed by atoms with van der Waals surface area (Å²) in [5.74, 6) is 0. The van der Waals surface area contributed by atoms with Crippen LogP contribution in [0.25, 0.3) is 11.6 Å². The Bertz CT molecular complexity index is 447. The van der Waals surface area contributed by atoms with Gasteiger partial charge in [-0.2, -0.15) is 0 Å². The van der Waals surface area contributed by atoms with Gasteiger partial charge in [0.2, 0.25) is 0 Å². The van der Waals surface area contributed by atoms with Gasteiger partial charge in [0.15, 0.2) is 0 Å². The van der Waals surface area contributed by atoms with Crippen LogP contribution >= 0.6 is 0 Å². The van der Waals surface area contributed by atoms with Gasteiger partial charge >= 0.3 is 0 Å². The average Bonchev–Trinajstić information content (AvgIpc) is 2.65. The summed E-state index contributed by atoms with van der Waals surface area (Å²) < 4.78 is 0. The summed E-state index contributed by atoms with van der Waals surface area (Å²) in [6.45, 7) is 1.13. The number of pyridine rings is 1. The molecule has 1 saturated heterocycles. The lowest BCUT2D eigenvalue weighted by molar-refractivity contribution is 0.697. The molecule has 1 atom stereocenters. The molecule has 66 valence electrons. The molecule has 1 aromatic heterocycles. The molecule has 1 fully saturated rings. The van der Waals surface area contributed by atoms with Crippen LogP contribution in [0.1, 0.15) is 12.8 Å². The van der Waals surface area contributed by atoms with Crippen molar-refractivity contribution in [2.75, 3.05) is 6.54 Å². The Morgan fingerprint density at radius 3 is 3.46 bits per heavy atom. The first-order valence-corrected chi connectivity index (χ1v) is 4.83. The standard InChI is InChI=1S/C11H12N2/c1-2-8-9-5-7-13-11(9)4-3-10(8)12-6-1/h1-3,6,11,13H,4-5,7H2. The highest BCUT2D eigenvalue weighted by atomic mass is 14.9. The van der Waals surface area contributed by atoms with E-state index in [1.807, 2.05) is 12.3 Å². The second-order valence-electron chi connectivity index (χ2n) is 3.66. The fraction of sp³-hybridized carbons (Fsp3) is 0.364. The smallest absolute Gasteiger partial charge is 0.0662 e. The lowest BCUT2D eigenvalue weighted by Crippen LogP contribution is -2.37. The van der Waals surface area contributed by atoms with Gasteiger partial charge in [0.1, 0.15) is 0 Å². The number of fused-ring (bicyclic) bond motifs is 2. The summed E-state index contributed by atoms with van der Waals surface area (Å²) in [7, 11) is 0. The maximum Gasteiger partial charge on any atom is 0.0662 e. The van der Waals surface area contributed by atoms with Crippen molar-refractivity contribution in [3.8, 4) is 0 Å². The summed E-state index contributed by atoms with van der Waals surface area (Å²) >= 11 is 0. The Morgan fingerprint density at radius 1 is 1.46 bits per heavy atom. The largest absolute Gasteiger partial charge is 0.310 e. The van der Waals surface area contributed by atoms with Crippen molar-refractivity contribution < 1.29 is 0 Å². The molecule has 0 saturated carbocycles. The molecule has 1 aromatic rings. The molecule has 2 heteroatoms. The summed E-state index contributed by atoms with van der Waals surface area (Å²) in [6.07, 6.45) is 6.41. The number of hydrogen-bond acceptors (Lipinski definition) is 2. The van der Waals surface area contributed by atoms with Gasteiger partial charge in [-0.15, -0.1) is 0 Å². The van der Waals surface area contributed by atoms with E-state index in [1.165, 1.54) is 17.0 Å². The number of rotatable bonds is 0. The highest BCUT2D eigenvalue weighted by Gasteiger charge is 2.21. The molecule has 1 unspecified atom stereocenters. The lowest BCUT2D eigenvalue weighted by atomic mass is 9.98. The Morgan fingerprint density at radius 2 is 2.46 bits per heavy atom. The van der Waals surface area contributed by atoms with Gasteiger partial charge < -0.3 is 5.32 Å². The topological polar surface area (TPSA) is 24.9 Å². The van der Waals surface area contributed by atoms with Crippen molar-refractivity contribution in [1.82, 2.24) is 10.3 Å². The predicted molar refractivity (Wildman–Crippen MR) is 52.4 cm³/mol. The van der Waals surface area contributed by atoms with E-state index in [4.69, 9.17) is 0 Å². The van der Waals surface area contributed by atoms with Crippen molar-refractivity contribution in [3.05, 3.63) is 28.9 Å². The minimum Gasteiger partial charge on any atom is -0.310 e. The number of hydrogen-bond donors (Lipinski definition) is 1. The molecule has 2 aliphatic rings. The SMILES string of the molecule is C1=c2ncccc2=C2CCNC2C1. The van der Waals surface area contributed by atoms with Crippen LogP contribution in [0, 0.1) is 0 Å². The van der Waals surface area contributed by atoms with Crippen LogP contribution in [-0.4, -0.2) is 17.6 Å². The predicted octanol–water partition coefficient (Wildman–Crippen LogP) is -0.222. The van der Waals surface area contributed by atoms with Crippen molar-refractivity contribution in [1.29, 1.82) is 0 Å². The minimum absolute atomic E-state index is 0.594. The molecular weight excluding hydrogens is 160 g/mol. The summed E-state index contributed by atoms with van der Waals surface area (Å²) in [6, 6.07) is 4.81. The zero-order chi connectivity index (χ0) is 8.67. The molecule has 2 heterocycles. The maximum atomic E-state index is 4.38. The first-order chi connectivity index (χ1) is 6.45. The number of aromatic nitrogens is 1. The van der Waals surface area contributed by atoms with E-state index in [9.17, 15) is 0 Å². The molecule has 0 bridgehead atoms. The van der Waals surface area contributed by atoms with E-state index in [0.29, 0.717) is 6.04 Å². The molecule has 0 radical (unpaired) electrons. The van der Waals surface area contributed by atoms with E-state index >= 15 is 0 Å². The van der Waals surface area contributed by atoms with E-state index in [2.05, 4.69) is 22.4 Å². The van der Waals surface area contributed by atoms with Crippen LogP contribution in [-0.2, 0) is 0 Å². The Balaban J connectivity index is 2.38. The zero-order valence-electron chi connectivity index (χ0n) is 7.46.